The molecule has 0 N–H and O–H groups in total. The van der Waals surface area contributed by atoms with Crippen molar-refractivity contribution in [3.05, 3.63) is 24.3 Å². The average Bonchev–Trinajstić information content (AvgIpc) is 2.32. The largest absolute Gasteiger partial charge is 0.482 e. The van der Waals surface area contributed by atoms with Crippen LogP contribution in [-0.4, -0.2) is 19.1 Å². The molecule has 0 radical (unpaired) electrons. The van der Waals surface area contributed by atoms with E-state index in [0.717, 1.165) is 30.8 Å². The summed E-state index contributed by atoms with van der Waals surface area (Å²) in [4.78, 5) is 13.7. The molecule has 0 atom stereocenters. The van der Waals surface area contributed by atoms with Crippen molar-refractivity contribution in [2.45, 2.75) is 26.7 Å². The van der Waals surface area contributed by atoms with E-state index in [9.17, 15) is 4.79 Å². The van der Waals surface area contributed by atoms with Gasteiger partial charge in [0.1, 0.15) is 5.75 Å². The lowest BCUT2D eigenvalue weighted by Crippen LogP contribution is -2.39. The van der Waals surface area contributed by atoms with Gasteiger partial charge in [0.25, 0.3) is 5.91 Å². The van der Waals surface area contributed by atoms with Crippen molar-refractivity contribution in [2.24, 2.45) is 5.92 Å². The van der Waals surface area contributed by atoms with Gasteiger partial charge in [0.15, 0.2) is 6.61 Å². The van der Waals surface area contributed by atoms with Crippen LogP contribution in [0.1, 0.15) is 26.7 Å². The zero-order valence-corrected chi connectivity index (χ0v) is 10.5. The number of carbonyl (C=O) groups is 1. The number of ether oxygens (including phenoxy) is 1. The van der Waals surface area contributed by atoms with Crippen LogP contribution >= 0.6 is 0 Å². The van der Waals surface area contributed by atoms with Crippen LogP contribution in [0, 0.1) is 5.92 Å². The molecule has 0 fully saturated rings. The molecule has 1 heterocycles. The smallest absolute Gasteiger partial charge is 0.265 e. The molecule has 0 aliphatic carbocycles. The number of benzene rings is 1. The lowest BCUT2D eigenvalue weighted by molar-refractivity contribution is -0.121. The molecule has 0 aromatic heterocycles. The molecular weight excluding hydrogens is 214 g/mol. The first kappa shape index (κ1) is 12.0. The Morgan fingerprint density at radius 2 is 2.12 bits per heavy atom. The Morgan fingerprint density at radius 1 is 1.35 bits per heavy atom. The van der Waals surface area contributed by atoms with E-state index in [1.165, 1.54) is 0 Å². The van der Waals surface area contributed by atoms with Crippen molar-refractivity contribution < 1.29 is 9.53 Å². The summed E-state index contributed by atoms with van der Waals surface area (Å²) in [5, 5.41) is 0. The van der Waals surface area contributed by atoms with E-state index in [1.54, 1.807) is 0 Å². The minimum absolute atomic E-state index is 0.0625. The number of fused-ring (bicyclic) bond motifs is 1. The molecule has 0 unspecified atom stereocenters. The third-order valence-corrected chi connectivity index (χ3v) is 2.97. The van der Waals surface area contributed by atoms with Gasteiger partial charge < -0.3 is 9.64 Å². The van der Waals surface area contributed by atoms with Gasteiger partial charge in [0.2, 0.25) is 0 Å². The molecule has 0 saturated carbocycles. The molecule has 1 aromatic rings. The maximum atomic E-state index is 11.8. The molecule has 1 aliphatic heterocycles. The molecule has 1 aliphatic rings. The standard InChI is InChI=1S/C14H19NO2/c1-11(2)6-5-9-15-12-7-3-4-8-13(12)17-10-14(15)16/h3-4,7-8,11H,5-6,9-10H2,1-2H3. The van der Waals surface area contributed by atoms with Crippen molar-refractivity contribution in [3.8, 4) is 5.75 Å². The van der Waals surface area contributed by atoms with E-state index >= 15 is 0 Å². The van der Waals surface area contributed by atoms with Crippen LogP contribution in [0.3, 0.4) is 0 Å². The number of anilines is 1. The zero-order valence-electron chi connectivity index (χ0n) is 10.5. The van der Waals surface area contributed by atoms with Crippen molar-refractivity contribution >= 4 is 11.6 Å². The fourth-order valence-corrected chi connectivity index (χ4v) is 2.06. The lowest BCUT2D eigenvalue weighted by atomic mass is 10.1. The van der Waals surface area contributed by atoms with Crippen molar-refractivity contribution in [1.29, 1.82) is 0 Å². The van der Waals surface area contributed by atoms with Crippen LogP contribution in [0.15, 0.2) is 24.3 Å². The number of rotatable bonds is 4. The molecular formula is C14H19NO2. The number of amides is 1. The number of para-hydroxylation sites is 2. The topological polar surface area (TPSA) is 29.5 Å². The highest BCUT2D eigenvalue weighted by molar-refractivity contribution is 5.97. The van der Waals surface area contributed by atoms with Gasteiger partial charge in [-0.3, -0.25) is 4.79 Å². The second-order valence-electron chi connectivity index (χ2n) is 4.84. The molecule has 0 saturated heterocycles. The lowest BCUT2D eigenvalue weighted by Gasteiger charge is -2.29. The maximum Gasteiger partial charge on any atom is 0.265 e. The molecule has 1 amide bonds. The summed E-state index contributed by atoms with van der Waals surface area (Å²) in [6.07, 6.45) is 2.19. The Kier molecular flexibility index (Phi) is 3.67. The van der Waals surface area contributed by atoms with Crippen LogP contribution in [-0.2, 0) is 4.79 Å². The summed E-state index contributed by atoms with van der Waals surface area (Å²) >= 11 is 0. The van der Waals surface area contributed by atoms with Gasteiger partial charge in [-0.1, -0.05) is 26.0 Å². The van der Waals surface area contributed by atoms with Crippen LogP contribution in [0.25, 0.3) is 0 Å². The molecule has 3 heteroatoms. The Morgan fingerprint density at radius 3 is 2.88 bits per heavy atom. The normalized spacial score (nSPS) is 14.8. The highest BCUT2D eigenvalue weighted by Gasteiger charge is 2.24. The SMILES string of the molecule is CC(C)CCCN1C(=O)COc2ccccc21. The fraction of sp³-hybridized carbons (Fsp3) is 0.500. The number of hydrogen-bond acceptors (Lipinski definition) is 2. The van der Waals surface area contributed by atoms with Crippen LogP contribution in [0.4, 0.5) is 5.69 Å². The number of hydrogen-bond donors (Lipinski definition) is 0. The van der Waals surface area contributed by atoms with Crippen LogP contribution in [0.5, 0.6) is 5.75 Å². The van der Waals surface area contributed by atoms with Crippen molar-refractivity contribution in [2.75, 3.05) is 18.1 Å². The first-order valence-corrected chi connectivity index (χ1v) is 6.20. The van der Waals surface area contributed by atoms with Crippen molar-refractivity contribution in [3.63, 3.8) is 0 Å². The van der Waals surface area contributed by atoms with Gasteiger partial charge >= 0.3 is 0 Å². The Bertz CT molecular complexity index is 401. The van der Waals surface area contributed by atoms with Gasteiger partial charge in [0.05, 0.1) is 5.69 Å². The first-order chi connectivity index (χ1) is 8.18. The quantitative estimate of drug-likeness (QED) is 0.800. The molecule has 3 nitrogen and oxygen atoms in total. The summed E-state index contributed by atoms with van der Waals surface area (Å²) in [5.41, 5.74) is 0.910. The Labute approximate surface area is 102 Å². The van der Waals surface area contributed by atoms with E-state index < -0.39 is 0 Å². The summed E-state index contributed by atoms with van der Waals surface area (Å²) < 4.78 is 5.40. The van der Waals surface area contributed by atoms with Gasteiger partial charge in [-0.2, -0.15) is 0 Å². The van der Waals surface area contributed by atoms with E-state index in [-0.39, 0.29) is 12.5 Å². The molecule has 0 spiro atoms. The third kappa shape index (κ3) is 2.78. The number of carbonyl (C=O) groups excluding carboxylic acids is 1. The summed E-state index contributed by atoms with van der Waals surface area (Å²) in [5.74, 6) is 1.56. The second-order valence-corrected chi connectivity index (χ2v) is 4.84. The second kappa shape index (κ2) is 5.21. The van der Waals surface area contributed by atoms with Gasteiger partial charge in [-0.25, -0.2) is 0 Å². The molecule has 17 heavy (non-hydrogen) atoms. The van der Waals surface area contributed by atoms with E-state index in [0.29, 0.717) is 5.92 Å². The number of nitrogens with zero attached hydrogens (tertiary/aromatic N) is 1. The Hall–Kier alpha value is -1.51. The predicted molar refractivity (Wildman–Crippen MR) is 68.4 cm³/mol. The van der Waals surface area contributed by atoms with Gasteiger partial charge in [-0.15, -0.1) is 0 Å². The molecule has 0 bridgehead atoms. The third-order valence-electron chi connectivity index (χ3n) is 2.97. The highest BCUT2D eigenvalue weighted by Crippen LogP contribution is 2.31. The monoisotopic (exact) mass is 233 g/mol. The van der Waals surface area contributed by atoms with E-state index in [2.05, 4.69) is 13.8 Å². The molecule has 92 valence electrons. The highest BCUT2D eigenvalue weighted by atomic mass is 16.5. The van der Waals surface area contributed by atoms with Gasteiger partial charge in [0, 0.05) is 6.54 Å². The van der Waals surface area contributed by atoms with Crippen LogP contribution in [0.2, 0.25) is 0 Å². The van der Waals surface area contributed by atoms with E-state index in [4.69, 9.17) is 4.74 Å². The first-order valence-electron chi connectivity index (χ1n) is 6.20. The van der Waals surface area contributed by atoms with Crippen LogP contribution < -0.4 is 9.64 Å². The molecule has 1 aromatic carbocycles. The summed E-state index contributed by atoms with van der Waals surface area (Å²) in [6.45, 7) is 5.36. The summed E-state index contributed by atoms with van der Waals surface area (Å²) in [6, 6.07) is 7.73. The van der Waals surface area contributed by atoms with E-state index in [1.807, 2.05) is 29.2 Å². The zero-order chi connectivity index (χ0) is 12.3. The summed E-state index contributed by atoms with van der Waals surface area (Å²) in [7, 11) is 0. The predicted octanol–water partition coefficient (Wildman–Crippen LogP) is 2.85. The maximum absolute atomic E-state index is 11.8. The van der Waals surface area contributed by atoms with Crippen molar-refractivity contribution in [1.82, 2.24) is 0 Å². The minimum atomic E-state index is 0.0625. The van der Waals surface area contributed by atoms with Gasteiger partial charge in [-0.05, 0) is 30.9 Å². The minimum Gasteiger partial charge on any atom is -0.482 e. The Balaban J connectivity index is 2.07. The fourth-order valence-electron chi connectivity index (χ4n) is 2.06. The molecule has 2 rings (SSSR count). The average molecular weight is 233 g/mol.